The van der Waals surface area contributed by atoms with E-state index in [-0.39, 0.29) is 44.3 Å². The molecule has 10 heteroatoms. The molecule has 1 N–H and O–H groups in total. The second-order valence-corrected chi connectivity index (χ2v) is 8.98. The van der Waals surface area contributed by atoms with Crippen LogP contribution in [0.15, 0.2) is 30.3 Å². The minimum absolute atomic E-state index is 0.120. The van der Waals surface area contributed by atoms with E-state index in [1.807, 2.05) is 30.3 Å². The Morgan fingerprint density at radius 3 is 2.36 bits per heavy atom. The topological polar surface area (TPSA) is 107 Å². The highest BCUT2D eigenvalue weighted by molar-refractivity contribution is 7.88. The molecule has 2 aliphatic rings. The molecule has 1 aromatic rings. The summed E-state index contributed by atoms with van der Waals surface area (Å²) in [4.78, 5) is 39.8. The second-order valence-electron chi connectivity index (χ2n) is 6.99. The predicted octanol–water partition coefficient (Wildman–Crippen LogP) is -0.00900. The smallest absolute Gasteiger partial charge is 0.325 e. The van der Waals surface area contributed by atoms with E-state index in [2.05, 4.69) is 5.32 Å². The first kappa shape index (κ1) is 20.3. The molecule has 0 saturated carbocycles. The van der Waals surface area contributed by atoms with Gasteiger partial charge in [0.2, 0.25) is 15.9 Å². The van der Waals surface area contributed by atoms with Gasteiger partial charge in [-0.2, -0.15) is 4.31 Å². The van der Waals surface area contributed by atoms with Gasteiger partial charge in [0.25, 0.3) is 5.91 Å². The van der Waals surface area contributed by atoms with E-state index in [1.165, 1.54) is 4.31 Å². The van der Waals surface area contributed by atoms with Gasteiger partial charge in [0.15, 0.2) is 0 Å². The Hall–Kier alpha value is -2.46. The van der Waals surface area contributed by atoms with Crippen molar-refractivity contribution in [2.75, 3.05) is 32.4 Å². The molecule has 28 heavy (non-hydrogen) atoms. The van der Waals surface area contributed by atoms with Crippen LogP contribution in [0.2, 0.25) is 0 Å². The third-order valence-electron chi connectivity index (χ3n) is 5.00. The van der Waals surface area contributed by atoms with Crippen LogP contribution in [0.1, 0.15) is 18.4 Å². The Morgan fingerprint density at radius 2 is 1.75 bits per heavy atom. The molecule has 0 spiro atoms. The maximum Gasteiger partial charge on any atom is 0.325 e. The van der Waals surface area contributed by atoms with Crippen molar-refractivity contribution in [1.29, 1.82) is 0 Å². The van der Waals surface area contributed by atoms with Crippen LogP contribution < -0.4 is 5.32 Å². The van der Waals surface area contributed by atoms with E-state index >= 15 is 0 Å². The maximum atomic E-state index is 12.5. The van der Waals surface area contributed by atoms with E-state index in [0.29, 0.717) is 13.1 Å². The molecule has 152 valence electrons. The number of amides is 4. The second kappa shape index (κ2) is 8.27. The summed E-state index contributed by atoms with van der Waals surface area (Å²) in [5, 5.41) is 2.64. The van der Waals surface area contributed by atoms with Crippen LogP contribution in [-0.4, -0.2) is 78.8 Å². The van der Waals surface area contributed by atoms with Crippen molar-refractivity contribution in [2.24, 2.45) is 0 Å². The first-order valence-corrected chi connectivity index (χ1v) is 11.0. The van der Waals surface area contributed by atoms with Gasteiger partial charge in [0.05, 0.1) is 12.8 Å². The van der Waals surface area contributed by atoms with Crippen molar-refractivity contribution in [1.82, 2.24) is 19.4 Å². The average Bonchev–Trinajstić information content (AvgIpc) is 2.94. The molecule has 0 aromatic heterocycles. The Labute approximate surface area is 164 Å². The molecule has 9 nitrogen and oxygen atoms in total. The van der Waals surface area contributed by atoms with Crippen molar-refractivity contribution in [3.63, 3.8) is 0 Å². The summed E-state index contributed by atoms with van der Waals surface area (Å²) in [5.41, 5.74) is 0.853. The quantitative estimate of drug-likeness (QED) is 0.667. The molecule has 0 aliphatic carbocycles. The minimum Gasteiger partial charge on any atom is -0.340 e. The number of urea groups is 1. The number of imide groups is 1. The first-order valence-electron chi connectivity index (χ1n) is 9.14. The molecule has 1 unspecified atom stereocenters. The number of nitrogens with zero attached hydrogens (tertiary/aromatic N) is 3. The standard InChI is InChI=1S/C18H24N4O5S/c1-28(26,27)21-11-9-20(10-12-21)16(23)8-7-15-17(24)22(18(25)19-15)13-14-5-3-2-4-6-14/h2-6,15H,7-13H2,1H3,(H,19,25). The number of carbonyl (C=O) groups is 3. The normalized spacial score (nSPS) is 21.1. The van der Waals surface area contributed by atoms with Crippen LogP contribution >= 0.6 is 0 Å². The Morgan fingerprint density at radius 1 is 1.11 bits per heavy atom. The van der Waals surface area contributed by atoms with Crippen molar-refractivity contribution in [2.45, 2.75) is 25.4 Å². The predicted molar refractivity (Wildman–Crippen MR) is 102 cm³/mol. The SMILES string of the molecule is CS(=O)(=O)N1CCN(C(=O)CCC2NC(=O)N(Cc3ccccc3)C2=O)CC1. The molecule has 0 radical (unpaired) electrons. The molecular formula is C18H24N4O5S. The maximum absolute atomic E-state index is 12.5. The lowest BCUT2D eigenvalue weighted by Crippen LogP contribution is -2.50. The third-order valence-corrected chi connectivity index (χ3v) is 6.30. The summed E-state index contributed by atoms with van der Waals surface area (Å²) < 4.78 is 24.4. The molecule has 2 fully saturated rings. The van der Waals surface area contributed by atoms with E-state index in [9.17, 15) is 22.8 Å². The van der Waals surface area contributed by atoms with Gasteiger partial charge >= 0.3 is 6.03 Å². The summed E-state index contributed by atoms with van der Waals surface area (Å²) in [6.07, 6.45) is 1.50. The van der Waals surface area contributed by atoms with E-state index in [4.69, 9.17) is 0 Å². The zero-order valence-corrected chi connectivity index (χ0v) is 16.5. The summed E-state index contributed by atoms with van der Waals surface area (Å²) in [6, 6.07) is 8.06. The lowest BCUT2D eigenvalue weighted by molar-refractivity contribution is -0.133. The summed E-state index contributed by atoms with van der Waals surface area (Å²) in [5.74, 6) is -0.472. The van der Waals surface area contributed by atoms with Gasteiger partial charge in [-0.1, -0.05) is 30.3 Å². The van der Waals surface area contributed by atoms with Crippen LogP contribution in [0.4, 0.5) is 4.79 Å². The third kappa shape index (κ3) is 4.68. The van der Waals surface area contributed by atoms with E-state index < -0.39 is 22.1 Å². The van der Waals surface area contributed by atoms with Gasteiger partial charge in [-0.3, -0.25) is 14.5 Å². The van der Waals surface area contributed by atoms with E-state index in [1.54, 1.807) is 4.90 Å². The van der Waals surface area contributed by atoms with Gasteiger partial charge in [-0.05, 0) is 12.0 Å². The van der Waals surface area contributed by atoms with Crippen LogP contribution in [0.25, 0.3) is 0 Å². The van der Waals surface area contributed by atoms with Crippen molar-refractivity contribution >= 4 is 27.9 Å². The lowest BCUT2D eigenvalue weighted by atomic mass is 10.1. The van der Waals surface area contributed by atoms with Gasteiger partial charge in [0, 0.05) is 32.6 Å². The highest BCUT2D eigenvalue weighted by Crippen LogP contribution is 2.16. The van der Waals surface area contributed by atoms with Crippen LogP contribution in [0.3, 0.4) is 0 Å². The van der Waals surface area contributed by atoms with Crippen LogP contribution in [0, 0.1) is 0 Å². The van der Waals surface area contributed by atoms with Gasteiger partial charge in [-0.25, -0.2) is 13.2 Å². The number of piperazine rings is 1. The highest BCUT2D eigenvalue weighted by atomic mass is 32.2. The Balaban J connectivity index is 1.49. The molecule has 3 rings (SSSR count). The van der Waals surface area contributed by atoms with Gasteiger partial charge in [-0.15, -0.1) is 0 Å². The fourth-order valence-corrected chi connectivity index (χ4v) is 4.21. The molecule has 0 bridgehead atoms. The fraction of sp³-hybridized carbons (Fsp3) is 0.500. The molecule has 2 heterocycles. The van der Waals surface area contributed by atoms with Crippen molar-refractivity contribution < 1.29 is 22.8 Å². The molecule has 1 atom stereocenters. The number of rotatable bonds is 6. The first-order chi connectivity index (χ1) is 13.3. The zero-order valence-electron chi connectivity index (χ0n) is 15.7. The van der Waals surface area contributed by atoms with Gasteiger partial charge < -0.3 is 10.2 Å². The van der Waals surface area contributed by atoms with Gasteiger partial charge in [0.1, 0.15) is 6.04 Å². The molecular weight excluding hydrogens is 384 g/mol. The fourth-order valence-electron chi connectivity index (χ4n) is 3.38. The van der Waals surface area contributed by atoms with Crippen molar-refractivity contribution in [3.05, 3.63) is 35.9 Å². The lowest BCUT2D eigenvalue weighted by Gasteiger charge is -2.33. The molecule has 2 aliphatic heterocycles. The number of hydrogen-bond donors (Lipinski definition) is 1. The van der Waals surface area contributed by atoms with Crippen molar-refractivity contribution in [3.8, 4) is 0 Å². The highest BCUT2D eigenvalue weighted by Gasteiger charge is 2.38. The van der Waals surface area contributed by atoms with Crippen LogP contribution in [-0.2, 0) is 26.2 Å². The summed E-state index contributed by atoms with van der Waals surface area (Å²) in [6.45, 7) is 1.40. The number of benzene rings is 1. The molecule has 4 amide bonds. The number of sulfonamides is 1. The number of hydrogen-bond acceptors (Lipinski definition) is 5. The summed E-state index contributed by atoms with van der Waals surface area (Å²) >= 11 is 0. The molecule has 1 aromatic carbocycles. The minimum atomic E-state index is -3.25. The van der Waals surface area contributed by atoms with E-state index in [0.717, 1.165) is 16.7 Å². The average molecular weight is 408 g/mol. The number of nitrogens with one attached hydrogen (secondary N) is 1. The number of carbonyl (C=O) groups excluding carboxylic acids is 3. The van der Waals surface area contributed by atoms with Crippen LogP contribution in [0.5, 0.6) is 0 Å². The monoisotopic (exact) mass is 408 g/mol. The largest absolute Gasteiger partial charge is 0.340 e. The Kier molecular flexibility index (Phi) is 5.99. The zero-order chi connectivity index (χ0) is 20.3. The summed E-state index contributed by atoms with van der Waals surface area (Å²) in [7, 11) is -3.25. The molecule has 2 saturated heterocycles. The Bertz CT molecular complexity index is 850.